The lowest BCUT2D eigenvalue weighted by atomic mass is 10.1. The molecule has 28 heavy (non-hydrogen) atoms. The van der Waals surface area contributed by atoms with Crippen LogP contribution < -0.4 is 14.8 Å². The van der Waals surface area contributed by atoms with E-state index in [2.05, 4.69) is 17.4 Å². The number of benzene rings is 3. The summed E-state index contributed by atoms with van der Waals surface area (Å²) in [5, 5.41) is 5.21. The predicted octanol–water partition coefficient (Wildman–Crippen LogP) is 4.40. The normalized spacial score (nSPS) is 10.2. The van der Waals surface area contributed by atoms with E-state index in [-0.39, 0.29) is 23.9 Å². The largest absolute Gasteiger partial charge is 0.423 e. The highest BCUT2D eigenvalue weighted by molar-refractivity contribution is 5.88. The van der Waals surface area contributed by atoms with Crippen molar-refractivity contribution in [2.75, 3.05) is 0 Å². The van der Waals surface area contributed by atoms with Crippen molar-refractivity contribution in [3.8, 4) is 11.5 Å². The van der Waals surface area contributed by atoms with E-state index in [0.717, 1.165) is 22.9 Å². The molecule has 0 saturated carbocycles. The number of esters is 2. The molecule has 0 saturated heterocycles. The van der Waals surface area contributed by atoms with Crippen LogP contribution in [0.15, 0.2) is 60.7 Å². The van der Waals surface area contributed by atoms with Crippen molar-refractivity contribution in [1.29, 1.82) is 0 Å². The van der Waals surface area contributed by atoms with Crippen molar-refractivity contribution < 1.29 is 19.1 Å². The standard InChI is InChI=1S/C22H21NO4.ClH/c1-15(24)26-21-11-19-9-8-18(10-20(19)12-22(21)27-16(2)25)14-23-13-17-6-4-3-5-7-17;/h3-12,23H,13-14H2,1-2H3;1H. The van der Waals surface area contributed by atoms with Gasteiger partial charge in [-0.1, -0.05) is 42.5 Å². The topological polar surface area (TPSA) is 64.6 Å². The molecule has 0 aliphatic heterocycles. The van der Waals surface area contributed by atoms with Gasteiger partial charge in [0.1, 0.15) is 0 Å². The van der Waals surface area contributed by atoms with Crippen LogP contribution in [0, 0.1) is 0 Å². The molecule has 0 fully saturated rings. The summed E-state index contributed by atoms with van der Waals surface area (Å²) in [5.74, 6) is -0.465. The number of hydrogen-bond acceptors (Lipinski definition) is 5. The Labute approximate surface area is 170 Å². The number of nitrogens with one attached hydrogen (secondary N) is 1. The summed E-state index contributed by atoms with van der Waals surface area (Å²) in [6, 6.07) is 19.6. The van der Waals surface area contributed by atoms with Gasteiger partial charge in [-0.15, -0.1) is 12.4 Å². The number of hydrogen-bond donors (Lipinski definition) is 1. The van der Waals surface area contributed by atoms with Gasteiger partial charge in [-0.3, -0.25) is 9.59 Å². The van der Waals surface area contributed by atoms with E-state index >= 15 is 0 Å². The lowest BCUT2D eigenvalue weighted by Crippen LogP contribution is -2.12. The predicted molar refractivity (Wildman–Crippen MR) is 111 cm³/mol. The van der Waals surface area contributed by atoms with Crippen molar-refractivity contribution in [1.82, 2.24) is 5.32 Å². The molecule has 0 heterocycles. The maximum Gasteiger partial charge on any atom is 0.308 e. The van der Waals surface area contributed by atoms with Gasteiger partial charge >= 0.3 is 11.9 Å². The van der Waals surface area contributed by atoms with Gasteiger partial charge < -0.3 is 14.8 Å². The Morgan fingerprint density at radius 1 is 0.750 bits per heavy atom. The van der Waals surface area contributed by atoms with Crippen LogP contribution in [0.4, 0.5) is 0 Å². The van der Waals surface area contributed by atoms with Crippen LogP contribution >= 0.6 is 12.4 Å². The molecule has 0 bridgehead atoms. The van der Waals surface area contributed by atoms with E-state index in [9.17, 15) is 9.59 Å². The zero-order chi connectivity index (χ0) is 19.2. The fourth-order valence-corrected chi connectivity index (χ4v) is 2.83. The third-order valence-electron chi connectivity index (χ3n) is 3.98. The molecule has 3 aromatic carbocycles. The van der Waals surface area contributed by atoms with Crippen LogP contribution in [0.1, 0.15) is 25.0 Å². The summed E-state index contributed by atoms with van der Waals surface area (Å²) in [6.45, 7) is 4.11. The minimum atomic E-state index is -0.469. The summed E-state index contributed by atoms with van der Waals surface area (Å²) in [7, 11) is 0. The maximum absolute atomic E-state index is 11.4. The first kappa shape index (κ1) is 21.4. The van der Waals surface area contributed by atoms with Crippen LogP contribution in [-0.2, 0) is 22.7 Å². The van der Waals surface area contributed by atoms with Gasteiger partial charge in [-0.25, -0.2) is 0 Å². The molecule has 1 N–H and O–H groups in total. The summed E-state index contributed by atoms with van der Waals surface area (Å²) in [5.41, 5.74) is 2.33. The molecular formula is C22H22ClNO4. The van der Waals surface area contributed by atoms with Crippen LogP contribution in [0.2, 0.25) is 0 Å². The number of ether oxygens (including phenoxy) is 2. The molecule has 3 rings (SSSR count). The van der Waals surface area contributed by atoms with Crippen molar-refractivity contribution >= 4 is 35.1 Å². The molecule has 0 aliphatic carbocycles. The van der Waals surface area contributed by atoms with E-state index in [1.54, 1.807) is 12.1 Å². The molecule has 6 heteroatoms. The average Bonchev–Trinajstić information content (AvgIpc) is 2.62. The Kier molecular flexibility index (Phi) is 7.55. The molecule has 146 valence electrons. The highest BCUT2D eigenvalue weighted by atomic mass is 35.5. The lowest BCUT2D eigenvalue weighted by molar-refractivity contribution is -0.134. The number of fused-ring (bicyclic) bond motifs is 1. The maximum atomic E-state index is 11.4. The van der Waals surface area contributed by atoms with Crippen LogP contribution in [-0.4, -0.2) is 11.9 Å². The number of carbonyl (C=O) groups is 2. The van der Waals surface area contributed by atoms with Gasteiger partial charge in [-0.05, 0) is 40.1 Å². The van der Waals surface area contributed by atoms with Gasteiger partial charge in [0.15, 0.2) is 11.5 Å². The molecule has 0 unspecified atom stereocenters. The van der Waals surface area contributed by atoms with Crippen molar-refractivity contribution in [3.63, 3.8) is 0 Å². The number of rotatable bonds is 6. The zero-order valence-electron chi connectivity index (χ0n) is 15.7. The molecule has 0 aliphatic rings. The molecular weight excluding hydrogens is 378 g/mol. The first-order chi connectivity index (χ1) is 13.0. The lowest BCUT2D eigenvalue weighted by Gasteiger charge is -2.11. The Balaban J connectivity index is 0.00000280. The third-order valence-corrected chi connectivity index (χ3v) is 3.98. The van der Waals surface area contributed by atoms with Gasteiger partial charge in [0, 0.05) is 26.9 Å². The van der Waals surface area contributed by atoms with E-state index in [1.165, 1.54) is 19.4 Å². The first-order valence-corrected chi connectivity index (χ1v) is 8.69. The van der Waals surface area contributed by atoms with Crippen LogP contribution in [0.5, 0.6) is 11.5 Å². The Hall–Kier alpha value is -2.89. The number of halogens is 1. The highest BCUT2D eigenvalue weighted by Crippen LogP contribution is 2.33. The van der Waals surface area contributed by atoms with E-state index < -0.39 is 11.9 Å². The Morgan fingerprint density at radius 2 is 1.32 bits per heavy atom. The second kappa shape index (κ2) is 9.88. The zero-order valence-corrected chi connectivity index (χ0v) is 16.5. The second-order valence-corrected chi connectivity index (χ2v) is 6.26. The molecule has 5 nitrogen and oxygen atoms in total. The third kappa shape index (κ3) is 5.81. The van der Waals surface area contributed by atoms with Crippen molar-refractivity contribution in [2.24, 2.45) is 0 Å². The van der Waals surface area contributed by atoms with Gasteiger partial charge in [0.2, 0.25) is 0 Å². The molecule has 0 radical (unpaired) electrons. The minimum Gasteiger partial charge on any atom is -0.423 e. The SMILES string of the molecule is CC(=O)Oc1cc2ccc(CNCc3ccccc3)cc2cc1OC(C)=O.Cl. The first-order valence-electron chi connectivity index (χ1n) is 8.69. The van der Waals surface area contributed by atoms with E-state index in [4.69, 9.17) is 9.47 Å². The summed E-state index contributed by atoms with van der Waals surface area (Å²) in [4.78, 5) is 22.7. The number of carbonyl (C=O) groups excluding carboxylic acids is 2. The van der Waals surface area contributed by atoms with E-state index in [0.29, 0.717) is 6.54 Å². The van der Waals surface area contributed by atoms with Gasteiger partial charge in [-0.2, -0.15) is 0 Å². The Morgan fingerprint density at radius 3 is 1.93 bits per heavy atom. The fourth-order valence-electron chi connectivity index (χ4n) is 2.83. The highest BCUT2D eigenvalue weighted by Gasteiger charge is 2.12. The monoisotopic (exact) mass is 399 g/mol. The van der Waals surface area contributed by atoms with Crippen LogP contribution in [0.3, 0.4) is 0 Å². The van der Waals surface area contributed by atoms with Gasteiger partial charge in [0.05, 0.1) is 0 Å². The van der Waals surface area contributed by atoms with Crippen LogP contribution in [0.25, 0.3) is 10.8 Å². The molecule has 3 aromatic rings. The smallest absolute Gasteiger partial charge is 0.308 e. The molecule has 0 atom stereocenters. The minimum absolute atomic E-state index is 0. The summed E-state index contributed by atoms with van der Waals surface area (Å²) < 4.78 is 10.4. The molecule has 0 spiro atoms. The molecule has 0 aromatic heterocycles. The fraction of sp³-hybridized carbons (Fsp3) is 0.182. The Bertz CT molecular complexity index is 973. The van der Waals surface area contributed by atoms with E-state index in [1.807, 2.05) is 36.4 Å². The summed E-state index contributed by atoms with van der Waals surface area (Å²) in [6.07, 6.45) is 0. The van der Waals surface area contributed by atoms with Crippen molar-refractivity contribution in [3.05, 3.63) is 71.8 Å². The summed E-state index contributed by atoms with van der Waals surface area (Å²) >= 11 is 0. The average molecular weight is 400 g/mol. The molecule has 0 amide bonds. The van der Waals surface area contributed by atoms with Gasteiger partial charge in [0.25, 0.3) is 0 Å². The quantitative estimate of drug-likeness (QED) is 0.491. The van der Waals surface area contributed by atoms with Crippen molar-refractivity contribution in [2.45, 2.75) is 26.9 Å². The second-order valence-electron chi connectivity index (χ2n) is 6.26.